The number of carbonyl (C=O) groups excluding carboxylic acids is 1. The Balaban J connectivity index is 2.46. The SMILES string of the molecule is CCCC(NC(C)C(=O)NC1CCCCC1C)C(=O)O. The first kappa shape index (κ1) is 17.0. The van der Waals surface area contributed by atoms with Crippen LogP contribution in [0, 0.1) is 5.92 Å². The molecular formula is C15H28N2O3. The average Bonchev–Trinajstić information content (AvgIpc) is 2.40. The predicted octanol–water partition coefficient (Wildman–Crippen LogP) is 1.91. The maximum Gasteiger partial charge on any atom is 0.320 e. The standard InChI is InChI=1S/C15H28N2O3/c1-4-7-13(15(19)20)16-11(3)14(18)17-12-9-6-5-8-10(12)2/h10-13,16H,4-9H2,1-3H3,(H,17,18)(H,19,20). The third-order valence-corrected chi connectivity index (χ3v) is 4.16. The molecule has 1 fully saturated rings. The van der Waals surface area contributed by atoms with E-state index >= 15 is 0 Å². The fourth-order valence-corrected chi connectivity index (χ4v) is 2.78. The van der Waals surface area contributed by atoms with Gasteiger partial charge < -0.3 is 10.4 Å². The zero-order chi connectivity index (χ0) is 15.1. The zero-order valence-corrected chi connectivity index (χ0v) is 12.8. The summed E-state index contributed by atoms with van der Waals surface area (Å²) in [5, 5.41) is 15.1. The second kappa shape index (κ2) is 8.25. The van der Waals surface area contributed by atoms with Crippen LogP contribution < -0.4 is 10.6 Å². The lowest BCUT2D eigenvalue weighted by atomic mass is 9.86. The molecule has 0 heterocycles. The van der Waals surface area contributed by atoms with Crippen LogP contribution in [0.15, 0.2) is 0 Å². The topological polar surface area (TPSA) is 78.4 Å². The minimum atomic E-state index is -0.891. The van der Waals surface area contributed by atoms with E-state index in [0.717, 1.165) is 25.7 Å². The monoisotopic (exact) mass is 284 g/mol. The molecule has 20 heavy (non-hydrogen) atoms. The molecule has 0 aromatic carbocycles. The van der Waals surface area contributed by atoms with Crippen LogP contribution in [-0.4, -0.2) is 35.1 Å². The Morgan fingerprint density at radius 3 is 2.50 bits per heavy atom. The highest BCUT2D eigenvalue weighted by molar-refractivity contribution is 5.83. The number of carboxylic acid groups (broad SMARTS) is 1. The fraction of sp³-hybridized carbons (Fsp3) is 0.867. The highest BCUT2D eigenvalue weighted by atomic mass is 16.4. The molecule has 1 rings (SSSR count). The summed E-state index contributed by atoms with van der Waals surface area (Å²) >= 11 is 0. The second-order valence-electron chi connectivity index (χ2n) is 5.94. The van der Waals surface area contributed by atoms with Crippen molar-refractivity contribution in [3.05, 3.63) is 0 Å². The highest BCUT2D eigenvalue weighted by Crippen LogP contribution is 2.23. The summed E-state index contributed by atoms with van der Waals surface area (Å²) in [6.07, 6.45) is 5.88. The smallest absolute Gasteiger partial charge is 0.320 e. The van der Waals surface area contributed by atoms with Gasteiger partial charge in [0.25, 0.3) is 0 Å². The van der Waals surface area contributed by atoms with Gasteiger partial charge in [-0.05, 0) is 32.1 Å². The summed E-state index contributed by atoms with van der Waals surface area (Å²) < 4.78 is 0. The van der Waals surface area contributed by atoms with Gasteiger partial charge in [-0.3, -0.25) is 14.9 Å². The molecule has 4 atom stereocenters. The number of rotatable bonds is 7. The van der Waals surface area contributed by atoms with Gasteiger partial charge in [-0.2, -0.15) is 0 Å². The Bertz CT molecular complexity index is 333. The quantitative estimate of drug-likeness (QED) is 0.667. The van der Waals surface area contributed by atoms with Crippen LogP contribution in [0.4, 0.5) is 0 Å². The first-order chi connectivity index (χ1) is 9.45. The maximum atomic E-state index is 12.2. The number of hydrogen-bond donors (Lipinski definition) is 3. The Hall–Kier alpha value is -1.10. The van der Waals surface area contributed by atoms with Crippen LogP contribution in [-0.2, 0) is 9.59 Å². The van der Waals surface area contributed by atoms with Gasteiger partial charge >= 0.3 is 5.97 Å². The Kier molecular flexibility index (Phi) is 6.99. The van der Waals surface area contributed by atoms with E-state index in [4.69, 9.17) is 5.11 Å². The molecule has 0 saturated heterocycles. The Morgan fingerprint density at radius 1 is 1.30 bits per heavy atom. The van der Waals surface area contributed by atoms with E-state index in [1.165, 1.54) is 6.42 Å². The van der Waals surface area contributed by atoms with Crippen molar-refractivity contribution < 1.29 is 14.7 Å². The van der Waals surface area contributed by atoms with E-state index in [0.29, 0.717) is 12.3 Å². The molecule has 1 aliphatic carbocycles. The summed E-state index contributed by atoms with van der Waals surface area (Å²) in [7, 11) is 0. The first-order valence-electron chi connectivity index (χ1n) is 7.75. The third-order valence-electron chi connectivity index (χ3n) is 4.16. The number of carboxylic acids is 1. The van der Waals surface area contributed by atoms with Gasteiger partial charge in [0.05, 0.1) is 6.04 Å². The fourth-order valence-electron chi connectivity index (χ4n) is 2.78. The van der Waals surface area contributed by atoms with Gasteiger partial charge in [0.2, 0.25) is 5.91 Å². The average molecular weight is 284 g/mol. The summed E-state index contributed by atoms with van der Waals surface area (Å²) in [5.74, 6) is -0.477. The van der Waals surface area contributed by atoms with Crippen molar-refractivity contribution in [1.82, 2.24) is 10.6 Å². The summed E-state index contributed by atoms with van der Waals surface area (Å²) in [6, 6.07) is -0.892. The van der Waals surface area contributed by atoms with Crippen molar-refractivity contribution in [3.8, 4) is 0 Å². The maximum absolute atomic E-state index is 12.2. The highest BCUT2D eigenvalue weighted by Gasteiger charge is 2.27. The summed E-state index contributed by atoms with van der Waals surface area (Å²) in [5.41, 5.74) is 0. The number of aliphatic carboxylic acids is 1. The largest absolute Gasteiger partial charge is 0.480 e. The van der Waals surface area contributed by atoms with Crippen molar-refractivity contribution in [2.24, 2.45) is 5.92 Å². The number of amides is 1. The molecule has 0 spiro atoms. The lowest BCUT2D eigenvalue weighted by molar-refractivity contribution is -0.140. The van der Waals surface area contributed by atoms with Crippen molar-refractivity contribution in [2.75, 3.05) is 0 Å². The molecule has 1 saturated carbocycles. The van der Waals surface area contributed by atoms with Crippen molar-refractivity contribution in [2.45, 2.75) is 77.4 Å². The molecule has 0 aromatic rings. The molecule has 0 aromatic heterocycles. The lowest BCUT2D eigenvalue weighted by Gasteiger charge is -2.31. The number of nitrogens with one attached hydrogen (secondary N) is 2. The van der Waals surface area contributed by atoms with Gasteiger partial charge in [-0.1, -0.05) is 33.1 Å². The number of hydrogen-bond acceptors (Lipinski definition) is 3. The zero-order valence-electron chi connectivity index (χ0n) is 12.8. The molecule has 1 aliphatic rings. The van der Waals surface area contributed by atoms with Crippen LogP contribution in [0.1, 0.15) is 59.3 Å². The Labute approximate surface area is 121 Å². The van der Waals surface area contributed by atoms with Gasteiger partial charge in [0.1, 0.15) is 6.04 Å². The molecule has 5 nitrogen and oxygen atoms in total. The molecule has 1 amide bonds. The van der Waals surface area contributed by atoms with Crippen LogP contribution in [0.2, 0.25) is 0 Å². The molecule has 3 N–H and O–H groups in total. The van der Waals surface area contributed by atoms with Crippen LogP contribution in [0.5, 0.6) is 0 Å². The van der Waals surface area contributed by atoms with E-state index in [1.54, 1.807) is 6.92 Å². The minimum Gasteiger partial charge on any atom is -0.480 e. The summed E-state index contributed by atoms with van der Waals surface area (Å²) in [4.78, 5) is 23.2. The second-order valence-corrected chi connectivity index (χ2v) is 5.94. The van der Waals surface area contributed by atoms with E-state index in [9.17, 15) is 9.59 Å². The van der Waals surface area contributed by atoms with E-state index < -0.39 is 18.1 Å². The lowest BCUT2D eigenvalue weighted by Crippen LogP contribution is -2.52. The van der Waals surface area contributed by atoms with Crippen molar-refractivity contribution in [3.63, 3.8) is 0 Å². The van der Waals surface area contributed by atoms with Gasteiger partial charge in [-0.25, -0.2) is 0 Å². The third kappa shape index (κ3) is 5.12. The molecule has 4 unspecified atom stereocenters. The van der Waals surface area contributed by atoms with Crippen LogP contribution >= 0.6 is 0 Å². The van der Waals surface area contributed by atoms with Gasteiger partial charge in [-0.15, -0.1) is 0 Å². The first-order valence-corrected chi connectivity index (χ1v) is 7.75. The van der Waals surface area contributed by atoms with Gasteiger partial charge in [0.15, 0.2) is 0 Å². The molecule has 5 heteroatoms. The molecular weight excluding hydrogens is 256 g/mol. The summed E-state index contributed by atoms with van der Waals surface area (Å²) in [6.45, 7) is 5.83. The van der Waals surface area contributed by atoms with E-state index in [2.05, 4.69) is 17.6 Å². The Morgan fingerprint density at radius 2 is 1.95 bits per heavy atom. The normalized spacial score (nSPS) is 25.8. The van der Waals surface area contributed by atoms with E-state index in [-0.39, 0.29) is 11.9 Å². The predicted molar refractivity (Wildman–Crippen MR) is 78.5 cm³/mol. The van der Waals surface area contributed by atoms with Crippen molar-refractivity contribution in [1.29, 1.82) is 0 Å². The van der Waals surface area contributed by atoms with E-state index in [1.807, 2.05) is 6.92 Å². The molecule has 116 valence electrons. The van der Waals surface area contributed by atoms with Crippen LogP contribution in [0.3, 0.4) is 0 Å². The van der Waals surface area contributed by atoms with Crippen LogP contribution in [0.25, 0.3) is 0 Å². The number of carbonyl (C=O) groups is 2. The molecule has 0 radical (unpaired) electrons. The molecule has 0 aliphatic heterocycles. The minimum absolute atomic E-state index is 0.0916. The van der Waals surface area contributed by atoms with Gasteiger partial charge in [0, 0.05) is 6.04 Å². The molecule has 0 bridgehead atoms. The van der Waals surface area contributed by atoms with Crippen molar-refractivity contribution >= 4 is 11.9 Å².